The van der Waals surface area contributed by atoms with E-state index in [2.05, 4.69) is 9.88 Å². The summed E-state index contributed by atoms with van der Waals surface area (Å²) in [5, 5.41) is 9.47. The Morgan fingerprint density at radius 1 is 1.27 bits per heavy atom. The van der Waals surface area contributed by atoms with Crippen LogP contribution >= 0.6 is 0 Å². The van der Waals surface area contributed by atoms with E-state index in [1.165, 1.54) is 12.1 Å². The van der Waals surface area contributed by atoms with E-state index in [1.807, 2.05) is 12.1 Å². The Kier molecular flexibility index (Phi) is 4.15. The lowest BCUT2D eigenvalue weighted by molar-refractivity contribution is -0.141. The van der Waals surface area contributed by atoms with Crippen LogP contribution in [0.4, 0.5) is 4.39 Å². The Morgan fingerprint density at radius 3 is 2.68 bits per heavy atom. The summed E-state index contributed by atoms with van der Waals surface area (Å²) < 4.78 is 13.0. The minimum absolute atomic E-state index is 0.0633. The van der Waals surface area contributed by atoms with Crippen molar-refractivity contribution in [3.8, 4) is 0 Å². The van der Waals surface area contributed by atoms with E-state index in [1.54, 1.807) is 24.5 Å². The zero-order chi connectivity index (χ0) is 15.5. The highest BCUT2D eigenvalue weighted by molar-refractivity contribution is 5.72. The molecule has 1 saturated heterocycles. The Labute approximate surface area is 128 Å². The van der Waals surface area contributed by atoms with Crippen LogP contribution in [-0.2, 0) is 11.3 Å². The largest absolute Gasteiger partial charge is 0.481 e. The molecular weight excluding hydrogens is 283 g/mol. The fourth-order valence-electron chi connectivity index (χ4n) is 3.05. The molecule has 114 valence electrons. The molecule has 0 radical (unpaired) electrons. The minimum Gasteiger partial charge on any atom is -0.481 e. The van der Waals surface area contributed by atoms with Gasteiger partial charge in [0.25, 0.3) is 0 Å². The molecular formula is C17H17FN2O2. The summed E-state index contributed by atoms with van der Waals surface area (Å²) in [5.74, 6) is -1.55. The van der Waals surface area contributed by atoms with Gasteiger partial charge in [0.15, 0.2) is 0 Å². The molecule has 0 bridgehead atoms. The Balaban J connectivity index is 1.76. The third-order valence-corrected chi connectivity index (χ3v) is 4.14. The van der Waals surface area contributed by atoms with Gasteiger partial charge in [-0.25, -0.2) is 4.39 Å². The SMILES string of the molecule is O=C(O)[C@@H]1CN(Cc2ccc(F)cc2)C[C@H]1c1cccnc1. The molecule has 4 nitrogen and oxygen atoms in total. The van der Waals surface area contributed by atoms with Crippen molar-refractivity contribution in [2.75, 3.05) is 13.1 Å². The number of carbonyl (C=O) groups is 1. The van der Waals surface area contributed by atoms with Gasteiger partial charge in [0.2, 0.25) is 0 Å². The third-order valence-electron chi connectivity index (χ3n) is 4.14. The van der Waals surface area contributed by atoms with Crippen LogP contribution in [0.3, 0.4) is 0 Å². The normalized spacial score (nSPS) is 21.9. The second kappa shape index (κ2) is 6.23. The fourth-order valence-corrected chi connectivity index (χ4v) is 3.05. The molecule has 1 aromatic carbocycles. The monoisotopic (exact) mass is 300 g/mol. The second-order valence-corrected chi connectivity index (χ2v) is 5.66. The molecule has 0 spiro atoms. The van der Waals surface area contributed by atoms with Crippen LogP contribution in [0.2, 0.25) is 0 Å². The van der Waals surface area contributed by atoms with Crippen molar-refractivity contribution < 1.29 is 14.3 Å². The summed E-state index contributed by atoms with van der Waals surface area (Å²) in [5.41, 5.74) is 1.94. The minimum atomic E-state index is -0.782. The number of rotatable bonds is 4. The van der Waals surface area contributed by atoms with E-state index >= 15 is 0 Å². The highest BCUT2D eigenvalue weighted by Gasteiger charge is 2.38. The molecule has 0 amide bonds. The first-order chi connectivity index (χ1) is 10.6. The summed E-state index contributed by atoms with van der Waals surface area (Å²) >= 11 is 0. The van der Waals surface area contributed by atoms with Gasteiger partial charge >= 0.3 is 5.97 Å². The van der Waals surface area contributed by atoms with Crippen LogP contribution < -0.4 is 0 Å². The Bertz CT molecular complexity index is 645. The molecule has 1 aliphatic rings. The van der Waals surface area contributed by atoms with Gasteiger partial charge in [0.05, 0.1) is 5.92 Å². The first kappa shape index (κ1) is 14.7. The van der Waals surface area contributed by atoms with Gasteiger partial charge < -0.3 is 5.11 Å². The summed E-state index contributed by atoms with van der Waals surface area (Å²) in [6.07, 6.45) is 3.42. The summed E-state index contributed by atoms with van der Waals surface area (Å²) in [4.78, 5) is 17.7. The molecule has 0 unspecified atom stereocenters. The third kappa shape index (κ3) is 3.14. The maximum atomic E-state index is 13.0. The summed E-state index contributed by atoms with van der Waals surface area (Å²) in [7, 11) is 0. The van der Waals surface area contributed by atoms with Crippen LogP contribution in [0, 0.1) is 11.7 Å². The van der Waals surface area contributed by atoms with Crippen LogP contribution in [0.25, 0.3) is 0 Å². The van der Waals surface area contributed by atoms with Crippen molar-refractivity contribution in [2.45, 2.75) is 12.5 Å². The number of aromatic nitrogens is 1. The first-order valence-corrected chi connectivity index (χ1v) is 7.23. The molecule has 1 N–H and O–H groups in total. The molecule has 0 saturated carbocycles. The molecule has 1 aliphatic heterocycles. The molecule has 1 aromatic heterocycles. The average Bonchev–Trinajstić information content (AvgIpc) is 2.95. The van der Waals surface area contributed by atoms with Crippen LogP contribution in [0.1, 0.15) is 17.0 Å². The van der Waals surface area contributed by atoms with Gasteiger partial charge in [-0.3, -0.25) is 14.7 Å². The van der Waals surface area contributed by atoms with Gasteiger partial charge in [-0.05, 0) is 29.3 Å². The van der Waals surface area contributed by atoms with Gasteiger partial charge in [0, 0.05) is 37.9 Å². The van der Waals surface area contributed by atoms with Crippen LogP contribution in [-0.4, -0.2) is 34.0 Å². The molecule has 1 fully saturated rings. The number of carboxylic acids is 1. The topological polar surface area (TPSA) is 53.4 Å². The number of aliphatic carboxylic acids is 1. The molecule has 2 aromatic rings. The Hall–Kier alpha value is -2.27. The van der Waals surface area contributed by atoms with E-state index < -0.39 is 11.9 Å². The maximum absolute atomic E-state index is 13.0. The molecule has 22 heavy (non-hydrogen) atoms. The van der Waals surface area contributed by atoms with Crippen molar-refractivity contribution in [1.29, 1.82) is 0 Å². The van der Waals surface area contributed by atoms with Crippen LogP contribution in [0.5, 0.6) is 0 Å². The van der Waals surface area contributed by atoms with Crippen LogP contribution in [0.15, 0.2) is 48.8 Å². The summed E-state index contributed by atoms with van der Waals surface area (Å²) in [6.45, 7) is 1.78. The smallest absolute Gasteiger partial charge is 0.308 e. The van der Waals surface area contributed by atoms with Gasteiger partial charge in [-0.2, -0.15) is 0 Å². The van der Waals surface area contributed by atoms with Gasteiger partial charge in [-0.1, -0.05) is 18.2 Å². The molecule has 5 heteroatoms. The summed E-state index contributed by atoms with van der Waals surface area (Å²) in [6, 6.07) is 10.1. The number of halogens is 1. The lowest BCUT2D eigenvalue weighted by atomic mass is 9.90. The standard InChI is InChI=1S/C17H17FN2O2/c18-14-5-3-12(4-6-14)9-20-10-15(16(11-20)17(21)22)13-2-1-7-19-8-13/h1-8,15-16H,9-11H2,(H,21,22)/t15-,16+/m0/s1. The van der Waals surface area contributed by atoms with Crippen molar-refractivity contribution in [1.82, 2.24) is 9.88 Å². The van der Waals surface area contributed by atoms with Gasteiger partial charge in [-0.15, -0.1) is 0 Å². The predicted molar refractivity (Wildman–Crippen MR) is 79.8 cm³/mol. The zero-order valence-electron chi connectivity index (χ0n) is 12.0. The average molecular weight is 300 g/mol. The second-order valence-electron chi connectivity index (χ2n) is 5.66. The number of hydrogen-bond acceptors (Lipinski definition) is 3. The molecule has 0 aliphatic carbocycles. The highest BCUT2D eigenvalue weighted by atomic mass is 19.1. The first-order valence-electron chi connectivity index (χ1n) is 7.23. The number of hydrogen-bond donors (Lipinski definition) is 1. The van der Waals surface area contributed by atoms with Crippen molar-refractivity contribution in [2.24, 2.45) is 5.92 Å². The highest BCUT2D eigenvalue weighted by Crippen LogP contribution is 2.33. The molecule has 2 heterocycles. The predicted octanol–water partition coefficient (Wildman–Crippen LogP) is 2.52. The van der Waals surface area contributed by atoms with Crippen molar-refractivity contribution in [3.05, 3.63) is 65.7 Å². The Morgan fingerprint density at radius 2 is 2.05 bits per heavy atom. The number of likely N-dealkylation sites (tertiary alicyclic amines) is 1. The number of nitrogens with zero attached hydrogens (tertiary/aromatic N) is 2. The number of pyridine rings is 1. The fraction of sp³-hybridized carbons (Fsp3) is 0.294. The molecule has 2 atom stereocenters. The molecule has 3 rings (SSSR count). The lowest BCUT2D eigenvalue weighted by Gasteiger charge is -2.16. The lowest BCUT2D eigenvalue weighted by Crippen LogP contribution is -2.23. The van der Waals surface area contributed by atoms with E-state index in [0.717, 1.165) is 11.1 Å². The maximum Gasteiger partial charge on any atom is 0.308 e. The van der Waals surface area contributed by atoms with E-state index in [9.17, 15) is 14.3 Å². The van der Waals surface area contributed by atoms with E-state index in [-0.39, 0.29) is 11.7 Å². The van der Waals surface area contributed by atoms with Crippen molar-refractivity contribution in [3.63, 3.8) is 0 Å². The van der Waals surface area contributed by atoms with E-state index in [4.69, 9.17) is 0 Å². The quantitative estimate of drug-likeness (QED) is 0.942. The van der Waals surface area contributed by atoms with Crippen molar-refractivity contribution >= 4 is 5.97 Å². The zero-order valence-corrected chi connectivity index (χ0v) is 12.0. The van der Waals surface area contributed by atoms with Gasteiger partial charge in [0.1, 0.15) is 5.82 Å². The van der Waals surface area contributed by atoms with E-state index in [0.29, 0.717) is 19.6 Å². The number of carboxylic acid groups (broad SMARTS) is 1. The number of benzene rings is 1.